The van der Waals surface area contributed by atoms with Crippen molar-refractivity contribution in [3.05, 3.63) is 47.0 Å². The largest absolute Gasteiger partial charge is 0.288 e. The Bertz CT molecular complexity index is 550. The van der Waals surface area contributed by atoms with Crippen LogP contribution in [-0.4, -0.2) is 17.3 Å². The van der Waals surface area contributed by atoms with E-state index in [4.69, 9.17) is 0 Å². The third-order valence-corrected chi connectivity index (χ3v) is 2.61. The second-order valence-corrected chi connectivity index (χ2v) is 4.36. The molecule has 0 spiro atoms. The number of fused-ring (bicyclic) bond motifs is 1. The van der Waals surface area contributed by atoms with Crippen molar-refractivity contribution < 1.29 is 14.4 Å². The number of hydrogen-bond acceptors (Lipinski definition) is 3. The van der Waals surface area contributed by atoms with E-state index in [0.717, 1.165) is 0 Å². The van der Waals surface area contributed by atoms with Gasteiger partial charge < -0.3 is 0 Å². The number of hydrogen-bond donors (Lipinski definition) is 0. The lowest BCUT2D eigenvalue weighted by molar-refractivity contribution is -0.111. The molecule has 17 heavy (non-hydrogen) atoms. The molecule has 1 aliphatic rings. The average Bonchev–Trinajstić information content (AvgIpc) is 2.31. The van der Waals surface area contributed by atoms with E-state index in [1.165, 1.54) is 6.07 Å². The van der Waals surface area contributed by atoms with E-state index >= 15 is 0 Å². The highest BCUT2D eigenvalue weighted by Gasteiger charge is 2.35. The van der Waals surface area contributed by atoms with Gasteiger partial charge in [-0.05, 0) is 5.92 Å². The summed E-state index contributed by atoms with van der Waals surface area (Å²) >= 11 is 0. The first-order chi connectivity index (χ1) is 8.02. The highest BCUT2D eigenvalue weighted by atomic mass is 16.2. The highest BCUT2D eigenvalue weighted by molar-refractivity contribution is 6.59. The van der Waals surface area contributed by atoms with Crippen LogP contribution in [0, 0.1) is 5.92 Å². The lowest BCUT2D eigenvalue weighted by Gasteiger charge is -2.15. The van der Waals surface area contributed by atoms with Gasteiger partial charge in [-0.2, -0.15) is 0 Å². The van der Waals surface area contributed by atoms with E-state index in [2.05, 4.69) is 0 Å². The van der Waals surface area contributed by atoms with Crippen molar-refractivity contribution in [3.8, 4) is 0 Å². The van der Waals surface area contributed by atoms with E-state index < -0.39 is 11.6 Å². The van der Waals surface area contributed by atoms with Gasteiger partial charge in [-0.15, -0.1) is 0 Å². The highest BCUT2D eigenvalue weighted by Crippen LogP contribution is 2.23. The molecule has 0 bridgehead atoms. The van der Waals surface area contributed by atoms with Gasteiger partial charge in [-0.25, -0.2) is 0 Å². The molecule has 1 aromatic carbocycles. The maximum Gasteiger partial charge on any atom is 0.237 e. The summed E-state index contributed by atoms with van der Waals surface area (Å²) in [6.07, 6.45) is 1.55. The number of rotatable bonds is 1. The zero-order valence-corrected chi connectivity index (χ0v) is 9.69. The molecule has 0 aliphatic heterocycles. The number of Topliss-reactive ketones (excluding diaryl/α,β-unsaturated/α-hetero) is 3. The number of carbonyl (C=O) groups excluding carboxylic acids is 3. The van der Waals surface area contributed by atoms with Crippen LogP contribution in [0.15, 0.2) is 35.9 Å². The van der Waals surface area contributed by atoms with Gasteiger partial charge in [0.15, 0.2) is 5.78 Å². The van der Waals surface area contributed by atoms with Crippen LogP contribution in [0.1, 0.15) is 34.6 Å². The molecule has 0 atom stereocenters. The van der Waals surface area contributed by atoms with E-state index in [1.807, 2.05) is 13.8 Å². The van der Waals surface area contributed by atoms with Crippen molar-refractivity contribution in [1.29, 1.82) is 0 Å². The quantitative estimate of drug-likeness (QED) is 0.420. The molecule has 0 heterocycles. The number of ketones is 3. The number of allylic oxidation sites excluding steroid dienone is 2. The van der Waals surface area contributed by atoms with Crippen LogP contribution in [-0.2, 0) is 4.79 Å². The maximum absolute atomic E-state index is 12.1. The molecular formula is C14H12O3. The zero-order chi connectivity index (χ0) is 12.6. The standard InChI is InChI=1S/C14H12O3/c1-8(2)7-11-12(15)9-5-3-4-6-10(9)13(16)14(11)17/h3-8H,1-2H3/b11-7-. The minimum Gasteiger partial charge on any atom is -0.288 e. The molecule has 0 fully saturated rings. The van der Waals surface area contributed by atoms with E-state index in [0.29, 0.717) is 5.56 Å². The van der Waals surface area contributed by atoms with Crippen LogP contribution in [0.2, 0.25) is 0 Å². The summed E-state index contributed by atoms with van der Waals surface area (Å²) in [6, 6.07) is 6.43. The summed E-state index contributed by atoms with van der Waals surface area (Å²) in [6.45, 7) is 3.72. The molecule has 0 saturated heterocycles. The molecule has 2 rings (SSSR count). The Hall–Kier alpha value is -2.03. The summed E-state index contributed by atoms with van der Waals surface area (Å²) in [5.74, 6) is -1.58. The number of carbonyl (C=O) groups is 3. The molecule has 1 aromatic rings. The average molecular weight is 228 g/mol. The first kappa shape index (κ1) is 11.5. The first-order valence-corrected chi connectivity index (χ1v) is 5.47. The lowest BCUT2D eigenvalue weighted by atomic mass is 9.84. The summed E-state index contributed by atoms with van der Waals surface area (Å²) in [4.78, 5) is 35.7. The minimum atomic E-state index is -0.692. The van der Waals surface area contributed by atoms with Gasteiger partial charge in [0.1, 0.15) is 0 Å². The fourth-order valence-electron chi connectivity index (χ4n) is 1.86. The number of benzene rings is 1. The normalized spacial score (nSPS) is 17.8. The Morgan fingerprint density at radius 2 is 1.41 bits per heavy atom. The molecular weight excluding hydrogens is 216 g/mol. The third-order valence-electron chi connectivity index (χ3n) is 2.61. The predicted molar refractivity (Wildman–Crippen MR) is 63.0 cm³/mol. The molecule has 0 N–H and O–H groups in total. The zero-order valence-electron chi connectivity index (χ0n) is 9.69. The van der Waals surface area contributed by atoms with Crippen molar-refractivity contribution in [1.82, 2.24) is 0 Å². The Morgan fingerprint density at radius 3 is 1.94 bits per heavy atom. The summed E-state index contributed by atoms with van der Waals surface area (Å²) in [5.41, 5.74) is 0.538. The van der Waals surface area contributed by atoms with Crippen molar-refractivity contribution >= 4 is 17.3 Å². The van der Waals surface area contributed by atoms with Crippen molar-refractivity contribution in [2.45, 2.75) is 13.8 Å². The topological polar surface area (TPSA) is 51.2 Å². The third kappa shape index (κ3) is 1.84. The van der Waals surface area contributed by atoms with Crippen LogP contribution in [0.5, 0.6) is 0 Å². The molecule has 3 heteroatoms. The Kier molecular flexibility index (Phi) is 2.76. The summed E-state index contributed by atoms with van der Waals surface area (Å²) in [5, 5.41) is 0. The second kappa shape index (κ2) is 4.09. The predicted octanol–water partition coefficient (Wildman–Crippen LogP) is 2.22. The van der Waals surface area contributed by atoms with Crippen LogP contribution in [0.3, 0.4) is 0 Å². The van der Waals surface area contributed by atoms with Gasteiger partial charge in [-0.3, -0.25) is 14.4 Å². The van der Waals surface area contributed by atoms with Gasteiger partial charge >= 0.3 is 0 Å². The fourth-order valence-corrected chi connectivity index (χ4v) is 1.86. The Balaban J connectivity index is 2.63. The van der Waals surface area contributed by atoms with Gasteiger partial charge in [0.05, 0.1) is 5.57 Å². The molecule has 0 unspecified atom stereocenters. The first-order valence-electron chi connectivity index (χ1n) is 5.47. The van der Waals surface area contributed by atoms with Crippen molar-refractivity contribution in [2.75, 3.05) is 0 Å². The van der Waals surface area contributed by atoms with E-state index in [-0.39, 0.29) is 22.8 Å². The molecule has 0 saturated carbocycles. The van der Waals surface area contributed by atoms with Gasteiger partial charge in [0.25, 0.3) is 0 Å². The molecule has 0 radical (unpaired) electrons. The lowest BCUT2D eigenvalue weighted by Crippen LogP contribution is -2.30. The monoisotopic (exact) mass is 228 g/mol. The molecule has 1 aliphatic carbocycles. The molecule has 3 nitrogen and oxygen atoms in total. The Morgan fingerprint density at radius 1 is 0.882 bits per heavy atom. The second-order valence-electron chi connectivity index (χ2n) is 4.36. The van der Waals surface area contributed by atoms with Gasteiger partial charge in [-0.1, -0.05) is 44.2 Å². The molecule has 0 aromatic heterocycles. The van der Waals surface area contributed by atoms with Crippen LogP contribution in [0.25, 0.3) is 0 Å². The van der Waals surface area contributed by atoms with Gasteiger partial charge in [0, 0.05) is 11.1 Å². The van der Waals surface area contributed by atoms with E-state index in [9.17, 15) is 14.4 Å². The minimum absolute atomic E-state index is 0.00343. The van der Waals surface area contributed by atoms with Crippen molar-refractivity contribution in [3.63, 3.8) is 0 Å². The molecule has 0 amide bonds. The van der Waals surface area contributed by atoms with Gasteiger partial charge in [0.2, 0.25) is 11.6 Å². The summed E-state index contributed by atoms with van der Waals surface area (Å²) in [7, 11) is 0. The fraction of sp³-hybridized carbons (Fsp3) is 0.214. The Labute approximate surface area is 99.1 Å². The van der Waals surface area contributed by atoms with Crippen LogP contribution >= 0.6 is 0 Å². The smallest absolute Gasteiger partial charge is 0.237 e. The van der Waals surface area contributed by atoms with E-state index in [1.54, 1.807) is 24.3 Å². The summed E-state index contributed by atoms with van der Waals surface area (Å²) < 4.78 is 0. The van der Waals surface area contributed by atoms with Crippen LogP contribution in [0.4, 0.5) is 0 Å². The molecule has 86 valence electrons. The maximum atomic E-state index is 12.1. The SMILES string of the molecule is CC(C)/C=C1\C(=O)C(=O)c2ccccc2C1=O. The van der Waals surface area contributed by atoms with Crippen molar-refractivity contribution in [2.24, 2.45) is 5.92 Å². The van der Waals surface area contributed by atoms with Crippen LogP contribution < -0.4 is 0 Å².